The molecule has 0 bridgehead atoms. The van der Waals surface area contributed by atoms with Crippen molar-refractivity contribution in [2.75, 3.05) is 5.73 Å². The SMILES string of the molecule is Nc1onc(-c2cncs2)c1-c1ccc(OC(F)F)cc1. The lowest BCUT2D eigenvalue weighted by molar-refractivity contribution is -0.0498. The van der Waals surface area contributed by atoms with Crippen molar-refractivity contribution in [2.24, 2.45) is 0 Å². The van der Waals surface area contributed by atoms with Crippen LogP contribution in [0.25, 0.3) is 21.7 Å². The maximum absolute atomic E-state index is 12.1. The lowest BCUT2D eigenvalue weighted by Crippen LogP contribution is -2.01. The third-order valence-electron chi connectivity index (χ3n) is 2.75. The number of thiazole rings is 1. The van der Waals surface area contributed by atoms with E-state index in [9.17, 15) is 8.78 Å². The number of alkyl halides is 2. The van der Waals surface area contributed by atoms with Gasteiger partial charge in [0.2, 0.25) is 5.88 Å². The predicted octanol–water partition coefficient (Wildman–Crippen LogP) is 3.65. The van der Waals surface area contributed by atoms with Gasteiger partial charge in [-0.1, -0.05) is 17.3 Å². The highest BCUT2D eigenvalue weighted by molar-refractivity contribution is 7.13. The van der Waals surface area contributed by atoms with Crippen molar-refractivity contribution in [3.05, 3.63) is 36.0 Å². The Labute approximate surface area is 122 Å². The Morgan fingerprint density at radius 1 is 1.24 bits per heavy atom. The molecule has 3 rings (SSSR count). The molecule has 2 N–H and O–H groups in total. The Kier molecular flexibility index (Phi) is 3.53. The second-order valence-corrected chi connectivity index (χ2v) is 4.93. The molecule has 3 aromatic rings. The first kappa shape index (κ1) is 13.5. The highest BCUT2D eigenvalue weighted by atomic mass is 32.1. The van der Waals surface area contributed by atoms with E-state index in [1.807, 2.05) is 0 Å². The van der Waals surface area contributed by atoms with Gasteiger partial charge in [-0.25, -0.2) is 0 Å². The number of rotatable bonds is 4. The van der Waals surface area contributed by atoms with Crippen LogP contribution in [0, 0.1) is 0 Å². The molecule has 0 saturated carbocycles. The van der Waals surface area contributed by atoms with E-state index in [-0.39, 0.29) is 11.6 Å². The van der Waals surface area contributed by atoms with E-state index in [1.54, 1.807) is 23.8 Å². The smallest absolute Gasteiger partial charge is 0.387 e. The van der Waals surface area contributed by atoms with Crippen LogP contribution in [0.1, 0.15) is 0 Å². The molecule has 0 fully saturated rings. The van der Waals surface area contributed by atoms with Gasteiger partial charge in [-0.2, -0.15) is 8.78 Å². The number of aromatic nitrogens is 2. The zero-order valence-corrected chi connectivity index (χ0v) is 11.3. The summed E-state index contributed by atoms with van der Waals surface area (Å²) in [7, 11) is 0. The van der Waals surface area contributed by atoms with Crippen molar-refractivity contribution in [1.29, 1.82) is 0 Å². The van der Waals surface area contributed by atoms with Gasteiger partial charge in [-0.3, -0.25) is 4.98 Å². The average Bonchev–Trinajstić information content (AvgIpc) is 3.08. The van der Waals surface area contributed by atoms with Crippen LogP contribution in [0.5, 0.6) is 5.75 Å². The minimum atomic E-state index is -2.86. The molecule has 0 aliphatic heterocycles. The Bertz CT molecular complexity index is 726. The highest BCUT2D eigenvalue weighted by Crippen LogP contribution is 2.38. The summed E-state index contributed by atoms with van der Waals surface area (Å²) in [5, 5.41) is 3.92. The third-order valence-corrected chi connectivity index (χ3v) is 3.53. The zero-order chi connectivity index (χ0) is 14.8. The van der Waals surface area contributed by atoms with Crippen LogP contribution in [0.4, 0.5) is 14.7 Å². The van der Waals surface area contributed by atoms with Gasteiger partial charge in [0.05, 0.1) is 16.0 Å². The molecule has 108 valence electrons. The topological polar surface area (TPSA) is 74.2 Å². The zero-order valence-electron chi connectivity index (χ0n) is 10.5. The van der Waals surface area contributed by atoms with Crippen LogP contribution >= 0.6 is 11.3 Å². The van der Waals surface area contributed by atoms with Crippen molar-refractivity contribution < 1.29 is 18.0 Å². The molecule has 0 atom stereocenters. The predicted molar refractivity (Wildman–Crippen MR) is 74.1 cm³/mol. The molecule has 2 heterocycles. The van der Waals surface area contributed by atoms with Gasteiger partial charge in [0, 0.05) is 6.20 Å². The van der Waals surface area contributed by atoms with Crippen molar-refractivity contribution in [3.63, 3.8) is 0 Å². The molecule has 0 radical (unpaired) electrons. The molecule has 21 heavy (non-hydrogen) atoms. The molecular weight excluding hydrogens is 300 g/mol. The summed E-state index contributed by atoms with van der Waals surface area (Å²) < 4.78 is 33.6. The molecule has 0 unspecified atom stereocenters. The van der Waals surface area contributed by atoms with Crippen LogP contribution in [-0.2, 0) is 0 Å². The van der Waals surface area contributed by atoms with Gasteiger partial charge in [0.25, 0.3) is 0 Å². The monoisotopic (exact) mass is 309 g/mol. The van der Waals surface area contributed by atoms with Crippen molar-refractivity contribution in [3.8, 4) is 27.4 Å². The van der Waals surface area contributed by atoms with E-state index in [1.165, 1.54) is 23.5 Å². The van der Waals surface area contributed by atoms with Gasteiger partial charge >= 0.3 is 6.61 Å². The van der Waals surface area contributed by atoms with Crippen LogP contribution in [0.3, 0.4) is 0 Å². The number of ether oxygens (including phenoxy) is 1. The van der Waals surface area contributed by atoms with Crippen LogP contribution in [-0.4, -0.2) is 16.8 Å². The van der Waals surface area contributed by atoms with Gasteiger partial charge in [-0.05, 0) is 17.7 Å². The average molecular weight is 309 g/mol. The molecule has 1 aromatic carbocycles. The quantitative estimate of drug-likeness (QED) is 0.796. The molecule has 0 amide bonds. The summed E-state index contributed by atoms with van der Waals surface area (Å²) in [6.07, 6.45) is 1.65. The van der Waals surface area contributed by atoms with Crippen molar-refractivity contribution >= 4 is 17.2 Å². The standard InChI is InChI=1S/C13H9F2N3O2S/c14-13(15)19-8-3-1-7(2-4-8)10-11(18-20-12(10)16)9-5-17-6-21-9/h1-6,13H,16H2. The summed E-state index contributed by atoms with van der Waals surface area (Å²) in [4.78, 5) is 4.79. The number of nitrogens with zero attached hydrogens (tertiary/aromatic N) is 2. The van der Waals surface area contributed by atoms with E-state index in [4.69, 9.17) is 10.3 Å². The molecular formula is C13H9F2N3O2S. The van der Waals surface area contributed by atoms with Crippen molar-refractivity contribution in [2.45, 2.75) is 6.61 Å². The summed E-state index contributed by atoms with van der Waals surface area (Å²) in [5.41, 5.74) is 9.33. The number of hydrogen-bond acceptors (Lipinski definition) is 6. The highest BCUT2D eigenvalue weighted by Gasteiger charge is 2.18. The molecule has 8 heteroatoms. The molecule has 0 saturated heterocycles. The summed E-state index contributed by atoms with van der Waals surface area (Å²) >= 11 is 1.40. The minimum Gasteiger partial charge on any atom is -0.435 e. The number of anilines is 1. The molecule has 0 aliphatic carbocycles. The van der Waals surface area contributed by atoms with Crippen molar-refractivity contribution in [1.82, 2.24) is 10.1 Å². The molecule has 0 aliphatic rings. The molecule has 5 nitrogen and oxygen atoms in total. The largest absolute Gasteiger partial charge is 0.435 e. The summed E-state index contributed by atoms with van der Waals surface area (Å²) in [5.74, 6) is 0.226. The van der Waals surface area contributed by atoms with Gasteiger partial charge in [0.1, 0.15) is 11.4 Å². The molecule has 0 spiro atoms. The van der Waals surface area contributed by atoms with Crippen LogP contribution < -0.4 is 10.5 Å². The van der Waals surface area contributed by atoms with Gasteiger partial charge < -0.3 is 15.0 Å². The van der Waals surface area contributed by atoms with Gasteiger partial charge in [-0.15, -0.1) is 11.3 Å². The summed E-state index contributed by atoms with van der Waals surface area (Å²) in [6.45, 7) is -2.86. The molecule has 2 aromatic heterocycles. The Morgan fingerprint density at radius 3 is 2.62 bits per heavy atom. The van der Waals surface area contributed by atoms with E-state index in [0.717, 1.165) is 4.88 Å². The van der Waals surface area contributed by atoms with Gasteiger partial charge in [0.15, 0.2) is 0 Å². The number of halogens is 2. The number of nitrogen functional groups attached to an aromatic ring is 1. The summed E-state index contributed by atoms with van der Waals surface area (Å²) in [6, 6.07) is 6.10. The van der Waals surface area contributed by atoms with E-state index in [2.05, 4.69) is 14.9 Å². The fourth-order valence-electron chi connectivity index (χ4n) is 1.89. The van der Waals surface area contributed by atoms with E-state index >= 15 is 0 Å². The fraction of sp³-hybridized carbons (Fsp3) is 0.0769. The van der Waals surface area contributed by atoms with Crippen LogP contribution in [0.15, 0.2) is 40.5 Å². The number of hydrogen-bond donors (Lipinski definition) is 1. The van der Waals surface area contributed by atoms with E-state index in [0.29, 0.717) is 16.8 Å². The number of benzene rings is 1. The maximum Gasteiger partial charge on any atom is 0.387 e. The normalized spacial score (nSPS) is 11.0. The second kappa shape index (κ2) is 5.49. The first-order valence-corrected chi connectivity index (χ1v) is 6.72. The fourth-order valence-corrected chi connectivity index (χ4v) is 2.49. The third kappa shape index (κ3) is 2.70. The Hall–Kier alpha value is -2.48. The Balaban J connectivity index is 1.99. The first-order chi connectivity index (χ1) is 10.1. The minimum absolute atomic E-state index is 0.0723. The lowest BCUT2D eigenvalue weighted by atomic mass is 10.0. The maximum atomic E-state index is 12.1. The lowest BCUT2D eigenvalue weighted by Gasteiger charge is -2.05. The number of nitrogens with two attached hydrogens (primary N) is 1. The second-order valence-electron chi connectivity index (χ2n) is 4.04. The Morgan fingerprint density at radius 2 is 2.00 bits per heavy atom. The van der Waals surface area contributed by atoms with E-state index < -0.39 is 6.61 Å². The first-order valence-electron chi connectivity index (χ1n) is 5.84. The van der Waals surface area contributed by atoms with Crippen LogP contribution in [0.2, 0.25) is 0 Å².